The summed E-state index contributed by atoms with van der Waals surface area (Å²) in [6.45, 7) is 5.66. The van der Waals surface area contributed by atoms with Crippen LogP contribution in [0.1, 0.15) is 36.2 Å². The molecule has 1 atom stereocenters. The number of ether oxygens (including phenoxy) is 3. The molecule has 2 aromatic rings. The van der Waals surface area contributed by atoms with Gasteiger partial charge in [0.05, 0.1) is 27.4 Å². The van der Waals surface area contributed by atoms with Crippen molar-refractivity contribution in [2.24, 2.45) is 5.84 Å². The van der Waals surface area contributed by atoms with E-state index in [-0.39, 0.29) is 11.8 Å². The first-order valence-electron chi connectivity index (χ1n) is 10.8. The number of benzene rings is 2. The maximum atomic E-state index is 13.3. The average Bonchev–Trinajstić information content (AvgIpc) is 2.85. The van der Waals surface area contributed by atoms with E-state index < -0.39 is 0 Å². The highest BCUT2D eigenvalue weighted by Crippen LogP contribution is 2.38. The molecule has 32 heavy (non-hydrogen) atoms. The number of nitrogens with two attached hydrogens (primary N) is 1. The summed E-state index contributed by atoms with van der Waals surface area (Å²) in [4.78, 5) is 15.4. The standard InChI is InChI=1S/C25H35N3O4/c1-6-28(7-2)21(24(29)19-11-9-8-10-12-19)17-20(27-26)14-13-18-15-22(30-3)25(32-5)23(16-18)31-4/h8-12,14-16,21,27H,6-7,13,17,26H2,1-5H3/b20-14-. The highest BCUT2D eigenvalue weighted by atomic mass is 16.5. The Labute approximate surface area is 191 Å². The summed E-state index contributed by atoms with van der Waals surface area (Å²) in [5, 5.41) is 0. The van der Waals surface area contributed by atoms with Gasteiger partial charge in [0.1, 0.15) is 0 Å². The van der Waals surface area contributed by atoms with Crippen molar-refractivity contribution in [3.05, 3.63) is 65.4 Å². The predicted octanol–water partition coefficient (Wildman–Crippen LogP) is 3.59. The molecule has 2 rings (SSSR count). The quantitative estimate of drug-likeness (QED) is 0.279. The molecule has 0 bridgehead atoms. The fraction of sp³-hybridized carbons (Fsp3) is 0.400. The molecule has 0 aliphatic carbocycles. The lowest BCUT2D eigenvalue weighted by molar-refractivity contribution is 0.0828. The predicted molar refractivity (Wildman–Crippen MR) is 127 cm³/mol. The third kappa shape index (κ3) is 6.24. The van der Waals surface area contributed by atoms with Crippen LogP contribution in [0.25, 0.3) is 0 Å². The number of methoxy groups -OCH3 is 3. The molecule has 0 radical (unpaired) electrons. The number of nitrogens with one attached hydrogen (secondary N) is 1. The Balaban J connectivity index is 2.29. The Morgan fingerprint density at radius 3 is 2.09 bits per heavy atom. The zero-order valence-corrected chi connectivity index (χ0v) is 19.7. The second-order valence-electron chi connectivity index (χ2n) is 7.28. The van der Waals surface area contributed by atoms with Gasteiger partial charge in [-0.3, -0.25) is 15.5 Å². The van der Waals surface area contributed by atoms with Gasteiger partial charge in [-0.05, 0) is 37.2 Å². The first-order chi connectivity index (χ1) is 15.5. The van der Waals surface area contributed by atoms with E-state index in [4.69, 9.17) is 20.1 Å². The van der Waals surface area contributed by atoms with Crippen molar-refractivity contribution in [1.82, 2.24) is 10.3 Å². The smallest absolute Gasteiger partial charge is 0.203 e. The van der Waals surface area contributed by atoms with Crippen LogP contribution in [0, 0.1) is 0 Å². The molecule has 0 heterocycles. The Morgan fingerprint density at radius 2 is 1.62 bits per heavy atom. The summed E-state index contributed by atoms with van der Waals surface area (Å²) >= 11 is 0. The zero-order chi connectivity index (χ0) is 23.5. The number of carbonyl (C=O) groups is 1. The Morgan fingerprint density at radius 1 is 1.03 bits per heavy atom. The van der Waals surface area contributed by atoms with Crippen LogP contribution in [0.4, 0.5) is 0 Å². The number of allylic oxidation sites excluding steroid dienone is 1. The van der Waals surface area contributed by atoms with Crippen molar-refractivity contribution in [2.75, 3.05) is 34.4 Å². The zero-order valence-electron chi connectivity index (χ0n) is 19.7. The van der Waals surface area contributed by atoms with Gasteiger partial charge < -0.3 is 19.6 Å². The van der Waals surface area contributed by atoms with Gasteiger partial charge in [-0.15, -0.1) is 0 Å². The van der Waals surface area contributed by atoms with Crippen molar-refractivity contribution >= 4 is 5.78 Å². The molecule has 174 valence electrons. The molecule has 0 amide bonds. The largest absolute Gasteiger partial charge is 0.493 e. The molecule has 0 aliphatic heterocycles. The highest BCUT2D eigenvalue weighted by Gasteiger charge is 2.26. The molecule has 2 aromatic carbocycles. The van der Waals surface area contributed by atoms with Crippen LogP contribution in [0.15, 0.2) is 54.2 Å². The summed E-state index contributed by atoms with van der Waals surface area (Å²) in [5.41, 5.74) is 5.25. The topological polar surface area (TPSA) is 86.1 Å². The third-order valence-corrected chi connectivity index (χ3v) is 5.52. The number of hydrazine groups is 1. The van der Waals surface area contributed by atoms with Crippen molar-refractivity contribution in [2.45, 2.75) is 32.7 Å². The number of hydrogen-bond acceptors (Lipinski definition) is 7. The minimum Gasteiger partial charge on any atom is -0.493 e. The summed E-state index contributed by atoms with van der Waals surface area (Å²) < 4.78 is 16.3. The van der Waals surface area contributed by atoms with Gasteiger partial charge in [0, 0.05) is 17.7 Å². The van der Waals surface area contributed by atoms with E-state index in [0.717, 1.165) is 24.4 Å². The van der Waals surface area contributed by atoms with E-state index in [1.807, 2.05) is 48.5 Å². The number of ketones is 1. The number of hydrogen-bond donors (Lipinski definition) is 2. The lowest BCUT2D eigenvalue weighted by atomic mass is 9.97. The van der Waals surface area contributed by atoms with Gasteiger partial charge >= 0.3 is 0 Å². The minimum absolute atomic E-state index is 0.0863. The van der Waals surface area contributed by atoms with Gasteiger partial charge in [-0.2, -0.15) is 0 Å². The summed E-state index contributed by atoms with van der Waals surface area (Å²) in [7, 11) is 4.76. The van der Waals surface area contributed by atoms with Crippen LogP contribution in [-0.4, -0.2) is 51.1 Å². The first kappa shape index (κ1) is 25.2. The van der Waals surface area contributed by atoms with Crippen LogP contribution in [0.2, 0.25) is 0 Å². The lowest BCUT2D eigenvalue weighted by Gasteiger charge is -2.29. The van der Waals surface area contributed by atoms with E-state index in [1.165, 1.54) is 0 Å². The maximum absolute atomic E-state index is 13.3. The fourth-order valence-electron chi connectivity index (χ4n) is 3.75. The molecule has 7 nitrogen and oxygen atoms in total. The Kier molecular flexibility index (Phi) is 10.0. The average molecular weight is 442 g/mol. The fourth-order valence-corrected chi connectivity index (χ4v) is 3.75. The number of Topliss-reactive ketones (excluding diaryl/α,β-unsaturated/α-hetero) is 1. The van der Waals surface area contributed by atoms with Gasteiger partial charge in [-0.25, -0.2) is 0 Å². The van der Waals surface area contributed by atoms with Gasteiger partial charge in [0.2, 0.25) is 5.75 Å². The van der Waals surface area contributed by atoms with E-state index in [9.17, 15) is 4.79 Å². The van der Waals surface area contributed by atoms with Crippen LogP contribution in [-0.2, 0) is 6.42 Å². The molecule has 0 spiro atoms. The van der Waals surface area contributed by atoms with E-state index in [0.29, 0.717) is 35.7 Å². The number of likely N-dealkylation sites (N-methyl/N-ethyl adjacent to an activating group) is 1. The molecule has 1 unspecified atom stereocenters. The van der Waals surface area contributed by atoms with Gasteiger partial charge in [0.15, 0.2) is 17.3 Å². The molecular weight excluding hydrogens is 406 g/mol. The summed E-state index contributed by atoms with van der Waals surface area (Å²) in [6, 6.07) is 12.9. The Hall–Kier alpha value is -3.03. The number of rotatable bonds is 13. The normalized spacial score (nSPS) is 12.4. The highest BCUT2D eigenvalue weighted by molar-refractivity contribution is 6.00. The van der Waals surface area contributed by atoms with Crippen LogP contribution >= 0.6 is 0 Å². The van der Waals surface area contributed by atoms with Gasteiger partial charge in [-0.1, -0.05) is 50.3 Å². The number of carbonyl (C=O) groups excluding carboxylic acids is 1. The van der Waals surface area contributed by atoms with Crippen molar-refractivity contribution in [3.8, 4) is 17.2 Å². The minimum atomic E-state index is -0.311. The molecule has 0 aliphatic rings. The molecular formula is C25H35N3O4. The van der Waals surface area contributed by atoms with E-state index in [1.54, 1.807) is 21.3 Å². The van der Waals surface area contributed by atoms with Gasteiger partial charge in [0.25, 0.3) is 0 Å². The molecule has 0 saturated heterocycles. The Bertz CT molecular complexity index is 870. The van der Waals surface area contributed by atoms with Crippen LogP contribution < -0.4 is 25.5 Å². The summed E-state index contributed by atoms with van der Waals surface area (Å²) in [5.74, 6) is 7.67. The van der Waals surface area contributed by atoms with Crippen LogP contribution in [0.3, 0.4) is 0 Å². The van der Waals surface area contributed by atoms with E-state index >= 15 is 0 Å². The molecule has 0 aromatic heterocycles. The number of nitrogens with zero attached hydrogens (tertiary/aromatic N) is 1. The summed E-state index contributed by atoms with van der Waals surface area (Å²) in [6.07, 6.45) is 3.06. The monoisotopic (exact) mass is 441 g/mol. The van der Waals surface area contributed by atoms with E-state index in [2.05, 4.69) is 24.2 Å². The second kappa shape index (κ2) is 12.7. The maximum Gasteiger partial charge on any atom is 0.203 e. The van der Waals surface area contributed by atoms with Crippen molar-refractivity contribution in [3.63, 3.8) is 0 Å². The van der Waals surface area contributed by atoms with Crippen molar-refractivity contribution in [1.29, 1.82) is 0 Å². The van der Waals surface area contributed by atoms with Crippen molar-refractivity contribution < 1.29 is 19.0 Å². The first-order valence-corrected chi connectivity index (χ1v) is 10.8. The lowest BCUT2D eigenvalue weighted by Crippen LogP contribution is -2.43. The molecule has 7 heteroatoms. The third-order valence-electron chi connectivity index (χ3n) is 5.52. The molecule has 0 saturated carbocycles. The molecule has 3 N–H and O–H groups in total. The SMILES string of the molecule is CCN(CC)C(C/C(=C/Cc1cc(OC)c(OC)c(OC)c1)NN)C(=O)c1ccccc1. The second-order valence-corrected chi connectivity index (χ2v) is 7.28. The molecule has 0 fully saturated rings. The van der Waals surface area contributed by atoms with Crippen LogP contribution in [0.5, 0.6) is 17.2 Å².